The van der Waals surface area contributed by atoms with E-state index < -0.39 is 0 Å². The van der Waals surface area contributed by atoms with Gasteiger partial charge in [0.1, 0.15) is 5.82 Å². The maximum absolute atomic E-state index is 5.27. The molecule has 1 aromatic heterocycles. The van der Waals surface area contributed by atoms with Crippen molar-refractivity contribution in [2.45, 2.75) is 39.7 Å². The Hall–Kier alpha value is -1.61. The van der Waals surface area contributed by atoms with Crippen molar-refractivity contribution in [2.24, 2.45) is 0 Å². The van der Waals surface area contributed by atoms with Crippen LogP contribution >= 0.6 is 0 Å². The number of hydrogen-bond donors (Lipinski definition) is 1. The van der Waals surface area contributed by atoms with Gasteiger partial charge in [0.05, 0.1) is 12.1 Å². The van der Waals surface area contributed by atoms with Crippen molar-refractivity contribution in [1.82, 2.24) is 4.98 Å². The standard InChI is InChI=1S/C17H24N2O/c1-4-7-14-11-13-8-6-9-15(12-20-3)16(13)19-17(14)18-10-5-2/h6,8-9,11H,4-5,7,10,12H2,1-3H3,(H,18,19). The van der Waals surface area contributed by atoms with Gasteiger partial charge in [0.2, 0.25) is 0 Å². The number of ether oxygens (including phenoxy) is 1. The van der Waals surface area contributed by atoms with Gasteiger partial charge in [-0.2, -0.15) is 0 Å². The maximum Gasteiger partial charge on any atom is 0.129 e. The van der Waals surface area contributed by atoms with Crippen LogP contribution in [0, 0.1) is 0 Å². The zero-order chi connectivity index (χ0) is 14.4. The van der Waals surface area contributed by atoms with Crippen molar-refractivity contribution < 1.29 is 4.74 Å². The summed E-state index contributed by atoms with van der Waals surface area (Å²) in [5, 5.41) is 4.66. The smallest absolute Gasteiger partial charge is 0.129 e. The van der Waals surface area contributed by atoms with Crippen molar-refractivity contribution in [3.63, 3.8) is 0 Å². The number of pyridine rings is 1. The molecule has 1 aromatic carbocycles. The van der Waals surface area contributed by atoms with Gasteiger partial charge in [0.25, 0.3) is 0 Å². The normalized spacial score (nSPS) is 10.9. The summed E-state index contributed by atoms with van der Waals surface area (Å²) in [5.41, 5.74) is 3.50. The number of nitrogens with zero attached hydrogens (tertiary/aromatic N) is 1. The predicted molar refractivity (Wildman–Crippen MR) is 85.2 cm³/mol. The highest BCUT2D eigenvalue weighted by molar-refractivity contribution is 5.84. The molecule has 3 nitrogen and oxygen atoms in total. The minimum atomic E-state index is 0.602. The molecule has 0 unspecified atom stereocenters. The number of hydrogen-bond acceptors (Lipinski definition) is 3. The van der Waals surface area contributed by atoms with E-state index in [0.717, 1.165) is 42.7 Å². The van der Waals surface area contributed by atoms with Crippen LogP contribution in [0.3, 0.4) is 0 Å². The first-order chi connectivity index (χ1) is 9.80. The fourth-order valence-electron chi connectivity index (χ4n) is 2.43. The molecular weight excluding hydrogens is 248 g/mol. The first-order valence-electron chi connectivity index (χ1n) is 7.44. The predicted octanol–water partition coefficient (Wildman–Crippen LogP) is 4.16. The van der Waals surface area contributed by atoms with E-state index in [1.165, 1.54) is 10.9 Å². The van der Waals surface area contributed by atoms with E-state index in [1.54, 1.807) is 7.11 Å². The summed E-state index contributed by atoms with van der Waals surface area (Å²) >= 11 is 0. The first kappa shape index (κ1) is 14.8. The van der Waals surface area contributed by atoms with Gasteiger partial charge >= 0.3 is 0 Å². The molecule has 0 saturated carbocycles. The molecule has 0 radical (unpaired) electrons. The Labute approximate surface area is 121 Å². The number of para-hydroxylation sites is 1. The quantitative estimate of drug-likeness (QED) is 0.822. The summed E-state index contributed by atoms with van der Waals surface area (Å²) in [7, 11) is 1.72. The molecule has 0 spiro atoms. The number of rotatable bonds is 7. The lowest BCUT2D eigenvalue weighted by molar-refractivity contribution is 0.186. The van der Waals surface area contributed by atoms with Crippen LogP contribution in [0.5, 0.6) is 0 Å². The van der Waals surface area contributed by atoms with E-state index in [9.17, 15) is 0 Å². The molecule has 1 N–H and O–H groups in total. The van der Waals surface area contributed by atoms with Crippen LogP contribution in [0.4, 0.5) is 5.82 Å². The Morgan fingerprint density at radius 1 is 1.15 bits per heavy atom. The fraction of sp³-hybridized carbons (Fsp3) is 0.471. The number of methoxy groups -OCH3 is 1. The molecular formula is C17H24N2O. The topological polar surface area (TPSA) is 34.2 Å². The molecule has 3 heteroatoms. The van der Waals surface area contributed by atoms with Crippen LogP contribution in [0.25, 0.3) is 10.9 Å². The lowest BCUT2D eigenvalue weighted by Gasteiger charge is -2.13. The van der Waals surface area contributed by atoms with Crippen molar-refractivity contribution in [3.05, 3.63) is 35.4 Å². The van der Waals surface area contributed by atoms with Gasteiger partial charge in [-0.3, -0.25) is 0 Å². The SMILES string of the molecule is CCCNc1nc2c(COC)cccc2cc1CCC. The van der Waals surface area contributed by atoms with Crippen molar-refractivity contribution >= 4 is 16.7 Å². The maximum atomic E-state index is 5.27. The van der Waals surface area contributed by atoms with E-state index >= 15 is 0 Å². The van der Waals surface area contributed by atoms with Crippen LogP contribution in [-0.4, -0.2) is 18.6 Å². The molecule has 0 aliphatic rings. The highest BCUT2D eigenvalue weighted by atomic mass is 16.5. The van der Waals surface area contributed by atoms with Crippen LogP contribution < -0.4 is 5.32 Å². The average molecular weight is 272 g/mol. The van der Waals surface area contributed by atoms with E-state index in [2.05, 4.69) is 43.4 Å². The number of aryl methyl sites for hydroxylation is 1. The van der Waals surface area contributed by atoms with E-state index in [1.807, 2.05) is 0 Å². The third-order valence-electron chi connectivity index (χ3n) is 3.37. The summed E-state index contributed by atoms with van der Waals surface area (Å²) in [6.07, 6.45) is 3.29. The molecule has 0 fully saturated rings. The molecule has 20 heavy (non-hydrogen) atoms. The van der Waals surface area contributed by atoms with Crippen molar-refractivity contribution in [1.29, 1.82) is 0 Å². The first-order valence-corrected chi connectivity index (χ1v) is 7.44. The molecule has 1 heterocycles. The van der Waals surface area contributed by atoms with Crippen LogP contribution in [0.1, 0.15) is 37.8 Å². The molecule has 0 saturated heterocycles. The van der Waals surface area contributed by atoms with Gasteiger partial charge in [-0.15, -0.1) is 0 Å². The van der Waals surface area contributed by atoms with E-state index in [0.29, 0.717) is 6.61 Å². The van der Waals surface area contributed by atoms with Crippen LogP contribution in [0.15, 0.2) is 24.3 Å². The zero-order valence-corrected chi connectivity index (χ0v) is 12.7. The van der Waals surface area contributed by atoms with Gasteiger partial charge in [0.15, 0.2) is 0 Å². The molecule has 0 atom stereocenters. The summed E-state index contributed by atoms with van der Waals surface area (Å²) in [4.78, 5) is 4.86. The number of nitrogens with one attached hydrogen (secondary N) is 1. The highest BCUT2D eigenvalue weighted by Gasteiger charge is 2.09. The Morgan fingerprint density at radius 2 is 2.00 bits per heavy atom. The monoisotopic (exact) mass is 272 g/mol. The number of anilines is 1. The molecule has 108 valence electrons. The summed E-state index contributed by atoms with van der Waals surface area (Å²) in [6.45, 7) is 5.94. The minimum absolute atomic E-state index is 0.602. The van der Waals surface area contributed by atoms with Gasteiger partial charge < -0.3 is 10.1 Å². The lowest BCUT2D eigenvalue weighted by Crippen LogP contribution is -2.06. The molecule has 2 aromatic rings. The van der Waals surface area contributed by atoms with Gasteiger partial charge in [-0.25, -0.2) is 4.98 Å². The number of fused-ring (bicyclic) bond motifs is 1. The third kappa shape index (κ3) is 3.28. The Morgan fingerprint density at radius 3 is 2.70 bits per heavy atom. The van der Waals surface area contributed by atoms with Crippen LogP contribution in [-0.2, 0) is 17.8 Å². The Kier molecular flexibility index (Phi) is 5.36. The second-order valence-corrected chi connectivity index (χ2v) is 5.09. The minimum Gasteiger partial charge on any atom is -0.380 e. The zero-order valence-electron chi connectivity index (χ0n) is 12.7. The fourth-order valence-corrected chi connectivity index (χ4v) is 2.43. The van der Waals surface area contributed by atoms with Gasteiger partial charge in [0, 0.05) is 24.6 Å². The molecule has 0 aliphatic heterocycles. The summed E-state index contributed by atoms with van der Waals surface area (Å²) < 4.78 is 5.27. The van der Waals surface area contributed by atoms with Crippen LogP contribution in [0.2, 0.25) is 0 Å². The number of benzene rings is 1. The lowest BCUT2D eigenvalue weighted by atomic mass is 10.0. The average Bonchev–Trinajstić information content (AvgIpc) is 2.46. The number of aromatic nitrogens is 1. The molecule has 0 aliphatic carbocycles. The summed E-state index contributed by atoms with van der Waals surface area (Å²) in [5.74, 6) is 1.03. The largest absolute Gasteiger partial charge is 0.380 e. The van der Waals surface area contributed by atoms with Gasteiger partial charge in [-0.05, 0) is 24.5 Å². The third-order valence-corrected chi connectivity index (χ3v) is 3.37. The molecule has 0 bridgehead atoms. The molecule has 2 rings (SSSR count). The van der Waals surface area contributed by atoms with Gasteiger partial charge in [-0.1, -0.05) is 38.5 Å². The highest BCUT2D eigenvalue weighted by Crippen LogP contribution is 2.24. The second kappa shape index (κ2) is 7.25. The van der Waals surface area contributed by atoms with Crippen molar-refractivity contribution in [2.75, 3.05) is 19.0 Å². The van der Waals surface area contributed by atoms with E-state index in [-0.39, 0.29) is 0 Å². The Bertz CT molecular complexity index is 566. The molecule has 0 amide bonds. The summed E-state index contributed by atoms with van der Waals surface area (Å²) in [6, 6.07) is 8.56. The Balaban J connectivity index is 2.49. The van der Waals surface area contributed by atoms with E-state index in [4.69, 9.17) is 9.72 Å². The van der Waals surface area contributed by atoms with Crippen molar-refractivity contribution in [3.8, 4) is 0 Å². The second-order valence-electron chi connectivity index (χ2n) is 5.09.